The number of nitrogens with one attached hydrogen (secondary N) is 2. The molecule has 1 saturated heterocycles. The zero-order valence-electron chi connectivity index (χ0n) is 17.7. The first-order chi connectivity index (χ1) is 16.2. The summed E-state index contributed by atoms with van der Waals surface area (Å²) in [4.78, 5) is 15.6. The Balaban J connectivity index is 1.33. The molecule has 4 heterocycles. The summed E-state index contributed by atoms with van der Waals surface area (Å²) >= 11 is 6.05. The maximum atomic E-state index is 8.91. The molecule has 0 aliphatic carbocycles. The number of likely N-dealkylation sites (tertiary alicyclic amines) is 1. The summed E-state index contributed by atoms with van der Waals surface area (Å²) in [6.45, 7) is 1.76. The number of aromatic nitrogens is 5. The van der Waals surface area contributed by atoms with E-state index in [0.29, 0.717) is 16.7 Å². The smallest absolute Gasteiger partial charge is 0.227 e. The topological polar surface area (TPSA) is 106 Å². The van der Waals surface area contributed by atoms with Crippen molar-refractivity contribution in [1.29, 1.82) is 5.26 Å². The van der Waals surface area contributed by atoms with Gasteiger partial charge in [-0.1, -0.05) is 23.7 Å². The van der Waals surface area contributed by atoms with Crippen molar-refractivity contribution in [3.05, 3.63) is 83.0 Å². The Kier molecular flexibility index (Phi) is 5.98. The second-order valence-corrected chi connectivity index (χ2v) is 8.32. The van der Waals surface area contributed by atoms with Gasteiger partial charge in [0.05, 0.1) is 35.5 Å². The molecule has 1 aromatic carbocycles. The lowest BCUT2D eigenvalue weighted by Gasteiger charge is -2.24. The van der Waals surface area contributed by atoms with Crippen molar-refractivity contribution in [2.75, 3.05) is 11.9 Å². The summed E-state index contributed by atoms with van der Waals surface area (Å²) in [6.07, 6.45) is 7.40. The van der Waals surface area contributed by atoms with Crippen LogP contribution in [0.5, 0.6) is 0 Å². The Bertz CT molecular complexity index is 1280. The minimum atomic E-state index is 0.195. The van der Waals surface area contributed by atoms with E-state index in [4.69, 9.17) is 21.8 Å². The molecule has 0 saturated carbocycles. The Morgan fingerprint density at radius 3 is 2.79 bits per heavy atom. The van der Waals surface area contributed by atoms with Crippen molar-refractivity contribution >= 4 is 23.2 Å². The summed E-state index contributed by atoms with van der Waals surface area (Å²) in [6, 6.07) is 15.4. The molecule has 4 aromatic rings. The van der Waals surface area contributed by atoms with Gasteiger partial charge in [-0.3, -0.25) is 10.00 Å². The van der Waals surface area contributed by atoms with Gasteiger partial charge in [-0.05, 0) is 55.3 Å². The third-order valence-electron chi connectivity index (χ3n) is 5.74. The van der Waals surface area contributed by atoms with Crippen LogP contribution in [0.25, 0.3) is 11.3 Å². The second kappa shape index (κ2) is 9.36. The van der Waals surface area contributed by atoms with Gasteiger partial charge in [-0.2, -0.15) is 10.4 Å². The van der Waals surface area contributed by atoms with Gasteiger partial charge in [0.25, 0.3) is 0 Å². The number of nitrogens with zero attached hydrogens (tertiary/aromatic N) is 6. The third-order valence-corrected chi connectivity index (χ3v) is 5.99. The monoisotopic (exact) mass is 456 g/mol. The van der Waals surface area contributed by atoms with Gasteiger partial charge in [-0.15, -0.1) is 0 Å². The zero-order valence-corrected chi connectivity index (χ0v) is 18.5. The van der Waals surface area contributed by atoms with Crippen LogP contribution in [0.15, 0.2) is 61.1 Å². The molecule has 1 aliphatic rings. The highest BCUT2D eigenvalue weighted by molar-refractivity contribution is 6.30. The summed E-state index contributed by atoms with van der Waals surface area (Å²) in [5.41, 5.74) is 5.29. The van der Waals surface area contributed by atoms with E-state index >= 15 is 0 Å². The zero-order chi connectivity index (χ0) is 22.6. The van der Waals surface area contributed by atoms with E-state index in [0.717, 1.165) is 54.1 Å². The third kappa shape index (κ3) is 4.70. The average molecular weight is 457 g/mol. The quantitative estimate of drug-likeness (QED) is 0.426. The normalized spacial score (nSPS) is 15.9. The number of halogens is 1. The van der Waals surface area contributed by atoms with E-state index < -0.39 is 0 Å². The number of nitriles is 1. The number of anilines is 2. The number of H-pyrrole nitrogens is 1. The summed E-state index contributed by atoms with van der Waals surface area (Å²) in [5, 5.41) is 20.2. The first-order valence-corrected chi connectivity index (χ1v) is 11.1. The molecule has 8 nitrogen and oxygen atoms in total. The van der Waals surface area contributed by atoms with E-state index in [2.05, 4.69) is 30.4 Å². The van der Waals surface area contributed by atoms with Crippen molar-refractivity contribution in [3.63, 3.8) is 0 Å². The molecule has 1 fully saturated rings. The molecule has 1 aliphatic heterocycles. The van der Waals surface area contributed by atoms with E-state index in [9.17, 15) is 0 Å². The number of pyridine rings is 1. The van der Waals surface area contributed by atoms with E-state index in [-0.39, 0.29) is 6.04 Å². The summed E-state index contributed by atoms with van der Waals surface area (Å²) in [7, 11) is 0. The predicted molar refractivity (Wildman–Crippen MR) is 126 cm³/mol. The lowest BCUT2D eigenvalue weighted by atomic mass is 10.1. The maximum absolute atomic E-state index is 8.91. The molecule has 0 amide bonds. The van der Waals surface area contributed by atoms with Crippen LogP contribution >= 0.6 is 11.6 Å². The van der Waals surface area contributed by atoms with Crippen molar-refractivity contribution in [1.82, 2.24) is 30.0 Å². The lowest BCUT2D eigenvalue weighted by Crippen LogP contribution is -2.23. The van der Waals surface area contributed by atoms with Gasteiger partial charge in [0, 0.05) is 23.3 Å². The standard InChI is InChI=1S/C24H21ClN8/c25-18-5-3-16(4-6-18)23-17(13-29-32-23)15-33-11-1-2-22(33)21-9-10-27-24(31-21)30-20-8-7-19(12-26)28-14-20/h3-10,13-14,22H,1-2,11,15H2,(H,29,32)(H,27,30,31). The van der Waals surface area contributed by atoms with Crippen molar-refractivity contribution in [3.8, 4) is 17.3 Å². The van der Waals surface area contributed by atoms with Crippen molar-refractivity contribution in [2.45, 2.75) is 25.4 Å². The summed E-state index contributed by atoms with van der Waals surface area (Å²) in [5.74, 6) is 0.510. The lowest BCUT2D eigenvalue weighted by molar-refractivity contribution is 0.245. The molecule has 1 unspecified atom stereocenters. The number of benzene rings is 1. The molecule has 0 radical (unpaired) electrons. The fourth-order valence-electron chi connectivity index (χ4n) is 4.15. The van der Waals surface area contributed by atoms with Gasteiger partial charge in [-0.25, -0.2) is 15.0 Å². The molecular formula is C24H21ClN8. The number of rotatable bonds is 6. The average Bonchev–Trinajstić information content (AvgIpc) is 3.50. The van der Waals surface area contributed by atoms with Crippen LogP contribution in [0.1, 0.15) is 35.8 Å². The molecule has 5 rings (SSSR count). The van der Waals surface area contributed by atoms with Crippen molar-refractivity contribution < 1.29 is 0 Å². The number of hydrogen-bond acceptors (Lipinski definition) is 7. The highest BCUT2D eigenvalue weighted by Crippen LogP contribution is 2.34. The molecule has 3 aromatic heterocycles. The van der Waals surface area contributed by atoms with E-state index in [1.165, 1.54) is 0 Å². The first-order valence-electron chi connectivity index (χ1n) is 10.7. The fraction of sp³-hybridized carbons (Fsp3) is 0.208. The molecular weight excluding hydrogens is 436 g/mol. The molecule has 9 heteroatoms. The number of hydrogen-bond donors (Lipinski definition) is 2. The highest BCUT2D eigenvalue weighted by Gasteiger charge is 2.28. The minimum Gasteiger partial charge on any atom is -0.323 e. The van der Waals surface area contributed by atoms with Crippen LogP contribution in [0.3, 0.4) is 0 Å². The van der Waals surface area contributed by atoms with Gasteiger partial charge >= 0.3 is 0 Å². The Morgan fingerprint density at radius 2 is 2.00 bits per heavy atom. The van der Waals surface area contributed by atoms with Crippen LogP contribution in [0.4, 0.5) is 11.6 Å². The second-order valence-electron chi connectivity index (χ2n) is 7.88. The predicted octanol–water partition coefficient (Wildman–Crippen LogP) is 4.87. The molecule has 164 valence electrons. The van der Waals surface area contributed by atoms with Crippen LogP contribution in [0.2, 0.25) is 5.02 Å². The van der Waals surface area contributed by atoms with Crippen LogP contribution in [-0.4, -0.2) is 36.6 Å². The van der Waals surface area contributed by atoms with Gasteiger partial charge in [0.1, 0.15) is 11.8 Å². The summed E-state index contributed by atoms with van der Waals surface area (Å²) < 4.78 is 0. The van der Waals surface area contributed by atoms with Crippen LogP contribution in [-0.2, 0) is 6.54 Å². The molecule has 0 bridgehead atoms. The SMILES string of the molecule is N#Cc1ccc(Nc2nccc(C3CCCN3Cc3cn[nH]c3-c3ccc(Cl)cc3)n2)cn1. The van der Waals surface area contributed by atoms with Gasteiger partial charge in [0.2, 0.25) is 5.95 Å². The fourth-order valence-corrected chi connectivity index (χ4v) is 4.27. The van der Waals surface area contributed by atoms with E-state index in [1.54, 1.807) is 24.5 Å². The first kappa shape index (κ1) is 21.1. The van der Waals surface area contributed by atoms with E-state index in [1.807, 2.05) is 42.6 Å². The van der Waals surface area contributed by atoms with Crippen molar-refractivity contribution in [2.24, 2.45) is 0 Å². The maximum Gasteiger partial charge on any atom is 0.227 e. The van der Waals surface area contributed by atoms with Gasteiger partial charge < -0.3 is 5.32 Å². The largest absolute Gasteiger partial charge is 0.323 e. The molecule has 1 atom stereocenters. The molecule has 2 N–H and O–H groups in total. The van der Waals surface area contributed by atoms with Crippen LogP contribution < -0.4 is 5.32 Å². The van der Waals surface area contributed by atoms with Gasteiger partial charge in [0.15, 0.2) is 0 Å². The Hall–Kier alpha value is -3.80. The Morgan fingerprint density at radius 1 is 1.12 bits per heavy atom. The molecule has 33 heavy (non-hydrogen) atoms. The minimum absolute atomic E-state index is 0.195. The number of aromatic amines is 1. The molecule has 0 spiro atoms. The van der Waals surface area contributed by atoms with Crippen LogP contribution in [0, 0.1) is 11.3 Å². The highest BCUT2D eigenvalue weighted by atomic mass is 35.5. The Labute approximate surface area is 196 Å².